The van der Waals surface area contributed by atoms with Crippen LogP contribution in [0.1, 0.15) is 29.3 Å². The number of carbonyl (C=O) groups is 2. The van der Waals surface area contributed by atoms with Crippen LogP contribution in [0.15, 0.2) is 48.5 Å². The van der Waals surface area contributed by atoms with E-state index < -0.39 is 15.9 Å². The molecule has 0 aliphatic carbocycles. The lowest BCUT2D eigenvalue weighted by Crippen LogP contribution is -2.37. The maximum absolute atomic E-state index is 12.5. The van der Waals surface area contributed by atoms with Gasteiger partial charge in [0, 0.05) is 17.8 Å². The number of hydrogen-bond acceptors (Lipinski definition) is 4. The normalized spacial score (nSPS) is 11.0. The monoisotopic (exact) mass is 403 g/mol. The van der Waals surface area contributed by atoms with Crippen molar-refractivity contribution in [2.75, 3.05) is 29.0 Å². The molecule has 8 heteroatoms. The van der Waals surface area contributed by atoms with Crippen molar-refractivity contribution in [3.8, 4) is 0 Å². The van der Waals surface area contributed by atoms with Crippen molar-refractivity contribution in [2.24, 2.45) is 0 Å². The highest BCUT2D eigenvalue weighted by atomic mass is 32.2. The molecule has 0 saturated heterocycles. The van der Waals surface area contributed by atoms with Crippen molar-refractivity contribution in [3.63, 3.8) is 0 Å². The van der Waals surface area contributed by atoms with Crippen LogP contribution in [-0.2, 0) is 14.8 Å². The lowest BCUT2D eigenvalue weighted by molar-refractivity contribution is -0.114. The van der Waals surface area contributed by atoms with Gasteiger partial charge in [0.25, 0.3) is 5.91 Å². The highest BCUT2D eigenvalue weighted by Gasteiger charge is 2.22. The SMILES string of the molecule is CCCNC(=O)c1cccc(NC(=O)CN(c2ccccc2C)S(C)(=O)=O)c1. The average molecular weight is 404 g/mol. The molecule has 0 aliphatic rings. The number of aryl methyl sites for hydroxylation is 1. The largest absolute Gasteiger partial charge is 0.352 e. The van der Waals surface area contributed by atoms with Gasteiger partial charge >= 0.3 is 0 Å². The van der Waals surface area contributed by atoms with Gasteiger partial charge in [-0.2, -0.15) is 0 Å². The second-order valence-electron chi connectivity index (χ2n) is 6.44. The molecule has 7 nitrogen and oxygen atoms in total. The summed E-state index contributed by atoms with van der Waals surface area (Å²) in [7, 11) is -3.65. The second kappa shape index (κ2) is 9.36. The van der Waals surface area contributed by atoms with Gasteiger partial charge in [0.15, 0.2) is 0 Å². The maximum atomic E-state index is 12.5. The molecule has 2 rings (SSSR count). The molecule has 0 spiro atoms. The van der Waals surface area contributed by atoms with Crippen molar-refractivity contribution >= 4 is 33.2 Å². The molecule has 0 aromatic heterocycles. The van der Waals surface area contributed by atoms with E-state index >= 15 is 0 Å². The van der Waals surface area contributed by atoms with Gasteiger partial charge in [-0.15, -0.1) is 0 Å². The van der Waals surface area contributed by atoms with E-state index in [0.29, 0.717) is 23.5 Å². The molecule has 0 saturated carbocycles. The van der Waals surface area contributed by atoms with E-state index in [-0.39, 0.29) is 12.5 Å². The third-order valence-corrected chi connectivity index (χ3v) is 5.14. The third-order valence-electron chi connectivity index (χ3n) is 4.02. The first-order valence-corrected chi connectivity index (χ1v) is 10.8. The van der Waals surface area contributed by atoms with Gasteiger partial charge in [-0.25, -0.2) is 8.42 Å². The molecule has 0 bridgehead atoms. The second-order valence-corrected chi connectivity index (χ2v) is 8.35. The highest BCUT2D eigenvalue weighted by molar-refractivity contribution is 7.92. The molecule has 0 aliphatic heterocycles. The molecule has 0 unspecified atom stereocenters. The zero-order chi connectivity index (χ0) is 20.7. The molecule has 0 fully saturated rings. The summed E-state index contributed by atoms with van der Waals surface area (Å²) in [5, 5.41) is 5.43. The van der Waals surface area contributed by atoms with Crippen LogP contribution in [0.3, 0.4) is 0 Å². The fraction of sp³-hybridized carbons (Fsp3) is 0.300. The van der Waals surface area contributed by atoms with Crippen LogP contribution in [-0.4, -0.2) is 39.6 Å². The van der Waals surface area contributed by atoms with E-state index in [1.807, 2.05) is 6.92 Å². The number of hydrogen-bond donors (Lipinski definition) is 2. The predicted molar refractivity (Wildman–Crippen MR) is 111 cm³/mol. The van der Waals surface area contributed by atoms with Gasteiger partial charge in [-0.05, 0) is 43.2 Å². The summed E-state index contributed by atoms with van der Waals surface area (Å²) in [6.07, 6.45) is 1.88. The number of carbonyl (C=O) groups excluding carboxylic acids is 2. The van der Waals surface area contributed by atoms with Gasteiger partial charge in [-0.3, -0.25) is 13.9 Å². The maximum Gasteiger partial charge on any atom is 0.251 e. The Kier molecular flexibility index (Phi) is 7.17. The minimum absolute atomic E-state index is 0.226. The predicted octanol–water partition coefficient (Wildman–Crippen LogP) is 2.54. The first-order valence-electron chi connectivity index (χ1n) is 8.94. The lowest BCUT2D eigenvalue weighted by atomic mass is 10.2. The standard InChI is InChI=1S/C20H25N3O4S/c1-4-12-21-20(25)16-9-7-10-17(13-16)22-19(24)14-23(28(3,26)27)18-11-6-5-8-15(18)2/h5-11,13H,4,12,14H2,1-3H3,(H,21,25)(H,22,24). The smallest absolute Gasteiger partial charge is 0.251 e. The summed E-state index contributed by atoms with van der Waals surface area (Å²) in [6.45, 7) is 3.94. The number of sulfonamides is 1. The van der Waals surface area contributed by atoms with Crippen molar-refractivity contribution in [1.29, 1.82) is 0 Å². The molecule has 28 heavy (non-hydrogen) atoms. The first kappa shape index (κ1) is 21.4. The molecule has 2 aromatic carbocycles. The van der Waals surface area contributed by atoms with Gasteiger partial charge in [-0.1, -0.05) is 31.2 Å². The summed E-state index contributed by atoms with van der Waals surface area (Å²) >= 11 is 0. The van der Waals surface area contributed by atoms with E-state index in [1.165, 1.54) is 0 Å². The lowest BCUT2D eigenvalue weighted by Gasteiger charge is -2.23. The summed E-state index contributed by atoms with van der Waals surface area (Å²) in [4.78, 5) is 24.6. The Morgan fingerprint density at radius 3 is 2.43 bits per heavy atom. The molecule has 0 radical (unpaired) electrons. The van der Waals surface area contributed by atoms with Gasteiger partial charge < -0.3 is 10.6 Å². The van der Waals surface area contributed by atoms with Crippen LogP contribution < -0.4 is 14.9 Å². The van der Waals surface area contributed by atoms with Crippen LogP contribution in [0.4, 0.5) is 11.4 Å². The zero-order valence-corrected chi connectivity index (χ0v) is 17.0. The van der Waals surface area contributed by atoms with Crippen LogP contribution in [0.2, 0.25) is 0 Å². The van der Waals surface area contributed by atoms with Crippen molar-refractivity contribution in [1.82, 2.24) is 5.32 Å². The molecular formula is C20H25N3O4S. The van der Waals surface area contributed by atoms with Crippen LogP contribution in [0, 0.1) is 6.92 Å². The van der Waals surface area contributed by atoms with E-state index in [1.54, 1.807) is 55.5 Å². The number of nitrogens with one attached hydrogen (secondary N) is 2. The van der Waals surface area contributed by atoms with E-state index in [2.05, 4.69) is 10.6 Å². The topological polar surface area (TPSA) is 95.6 Å². The number of para-hydroxylation sites is 1. The number of rotatable bonds is 8. The highest BCUT2D eigenvalue weighted by Crippen LogP contribution is 2.22. The number of anilines is 2. The minimum Gasteiger partial charge on any atom is -0.352 e. The Balaban J connectivity index is 2.16. The first-order chi connectivity index (χ1) is 13.2. The van der Waals surface area contributed by atoms with Crippen molar-refractivity contribution < 1.29 is 18.0 Å². The van der Waals surface area contributed by atoms with Gasteiger partial charge in [0.05, 0.1) is 11.9 Å². The molecule has 0 atom stereocenters. The number of benzene rings is 2. The summed E-state index contributed by atoms with van der Waals surface area (Å²) < 4.78 is 25.5. The fourth-order valence-electron chi connectivity index (χ4n) is 2.63. The summed E-state index contributed by atoms with van der Waals surface area (Å²) in [5.74, 6) is -0.726. The Labute approximate surface area is 165 Å². The molecule has 2 amide bonds. The minimum atomic E-state index is -3.65. The van der Waals surface area contributed by atoms with Gasteiger partial charge in [0.2, 0.25) is 15.9 Å². The zero-order valence-electron chi connectivity index (χ0n) is 16.2. The van der Waals surface area contributed by atoms with Crippen LogP contribution in [0.5, 0.6) is 0 Å². The van der Waals surface area contributed by atoms with Crippen molar-refractivity contribution in [3.05, 3.63) is 59.7 Å². The van der Waals surface area contributed by atoms with E-state index in [9.17, 15) is 18.0 Å². The van der Waals surface area contributed by atoms with Gasteiger partial charge in [0.1, 0.15) is 6.54 Å². The Bertz CT molecular complexity index is 957. The molecule has 2 N–H and O–H groups in total. The third kappa shape index (κ3) is 5.82. The molecule has 150 valence electrons. The molecule has 2 aromatic rings. The summed E-state index contributed by atoms with van der Waals surface area (Å²) in [6, 6.07) is 13.5. The van der Waals surface area contributed by atoms with E-state index in [0.717, 1.165) is 22.5 Å². The Morgan fingerprint density at radius 1 is 1.07 bits per heavy atom. The van der Waals surface area contributed by atoms with Crippen LogP contribution >= 0.6 is 0 Å². The Morgan fingerprint density at radius 2 is 1.79 bits per heavy atom. The average Bonchev–Trinajstić information content (AvgIpc) is 2.64. The number of nitrogens with zero attached hydrogens (tertiary/aromatic N) is 1. The van der Waals surface area contributed by atoms with Crippen molar-refractivity contribution in [2.45, 2.75) is 20.3 Å². The number of amides is 2. The molecular weight excluding hydrogens is 378 g/mol. The Hall–Kier alpha value is -2.87. The molecule has 0 heterocycles. The van der Waals surface area contributed by atoms with Crippen LogP contribution in [0.25, 0.3) is 0 Å². The fourth-order valence-corrected chi connectivity index (χ4v) is 3.55. The van der Waals surface area contributed by atoms with E-state index in [4.69, 9.17) is 0 Å². The summed E-state index contributed by atoms with van der Waals surface area (Å²) in [5.41, 5.74) is 2.04. The quantitative estimate of drug-likeness (QED) is 0.708.